The number of hydrogen-bond donors (Lipinski definition) is 1. The van der Waals surface area contributed by atoms with Gasteiger partial charge in [-0.1, -0.05) is 40.7 Å². The zero-order chi connectivity index (χ0) is 22.6. The zero-order valence-corrected chi connectivity index (χ0v) is 19.0. The van der Waals surface area contributed by atoms with Gasteiger partial charge in [0.15, 0.2) is 0 Å². The van der Waals surface area contributed by atoms with Crippen molar-refractivity contribution < 1.29 is 9.21 Å². The lowest BCUT2D eigenvalue weighted by molar-refractivity contribution is 0.0642. The average molecular weight is 434 g/mol. The minimum Gasteiger partial charge on any atom is -0.416 e. The SMILES string of the molecule is CC(C)c1cccn2nc([C@@H]3c4nc[nH]c4CCN3C(=O)c3nnc(C(C)(C)C)o3)cc12. The van der Waals surface area contributed by atoms with Crippen LogP contribution in [0.4, 0.5) is 0 Å². The molecular weight excluding hydrogens is 406 g/mol. The number of carbonyl (C=O) groups is 1. The maximum atomic E-state index is 13.5. The van der Waals surface area contributed by atoms with E-state index in [-0.39, 0.29) is 17.2 Å². The Kier molecular flexibility index (Phi) is 4.65. The number of fused-ring (bicyclic) bond motifs is 2. The first kappa shape index (κ1) is 20.4. The van der Waals surface area contributed by atoms with Gasteiger partial charge in [-0.15, -0.1) is 10.2 Å². The van der Waals surface area contributed by atoms with E-state index in [1.54, 1.807) is 11.2 Å². The zero-order valence-electron chi connectivity index (χ0n) is 19.0. The van der Waals surface area contributed by atoms with Crippen molar-refractivity contribution in [1.82, 2.24) is 34.7 Å². The van der Waals surface area contributed by atoms with E-state index < -0.39 is 6.04 Å². The number of nitrogens with zero attached hydrogens (tertiary/aromatic N) is 6. The summed E-state index contributed by atoms with van der Waals surface area (Å²) >= 11 is 0. The van der Waals surface area contributed by atoms with E-state index in [4.69, 9.17) is 9.52 Å². The second-order valence-electron chi connectivity index (χ2n) is 9.60. The molecule has 32 heavy (non-hydrogen) atoms. The van der Waals surface area contributed by atoms with Gasteiger partial charge in [0.1, 0.15) is 6.04 Å². The average Bonchev–Trinajstić information content (AvgIpc) is 3.50. The highest BCUT2D eigenvalue weighted by Crippen LogP contribution is 2.35. The molecule has 0 unspecified atom stereocenters. The van der Waals surface area contributed by atoms with Gasteiger partial charge in [0, 0.05) is 30.3 Å². The number of amides is 1. The lowest BCUT2D eigenvalue weighted by Crippen LogP contribution is -2.41. The Morgan fingerprint density at radius 2 is 2.09 bits per heavy atom. The molecule has 166 valence electrons. The molecule has 9 nitrogen and oxygen atoms in total. The second kappa shape index (κ2) is 7.29. The quantitative estimate of drug-likeness (QED) is 0.529. The summed E-state index contributed by atoms with van der Waals surface area (Å²) in [6, 6.07) is 5.72. The number of nitrogens with one attached hydrogen (secondary N) is 1. The fraction of sp³-hybridized carbons (Fsp3) is 0.435. The highest BCUT2D eigenvalue weighted by Gasteiger charge is 2.38. The third-order valence-corrected chi connectivity index (χ3v) is 5.89. The maximum absolute atomic E-state index is 13.5. The van der Waals surface area contributed by atoms with Crippen molar-refractivity contribution in [3.05, 3.63) is 65.1 Å². The van der Waals surface area contributed by atoms with Gasteiger partial charge in [-0.25, -0.2) is 9.50 Å². The van der Waals surface area contributed by atoms with Crippen molar-refractivity contribution in [2.24, 2.45) is 0 Å². The van der Waals surface area contributed by atoms with Gasteiger partial charge < -0.3 is 14.3 Å². The van der Waals surface area contributed by atoms with E-state index in [2.05, 4.69) is 46.1 Å². The maximum Gasteiger partial charge on any atom is 0.312 e. The van der Waals surface area contributed by atoms with Gasteiger partial charge in [-0.05, 0) is 23.6 Å². The van der Waals surface area contributed by atoms with Crippen molar-refractivity contribution in [3.63, 3.8) is 0 Å². The van der Waals surface area contributed by atoms with Crippen LogP contribution in [0.5, 0.6) is 0 Å². The van der Waals surface area contributed by atoms with Crippen LogP contribution in [-0.2, 0) is 11.8 Å². The molecule has 1 aliphatic rings. The Morgan fingerprint density at radius 1 is 1.28 bits per heavy atom. The second-order valence-corrected chi connectivity index (χ2v) is 9.60. The first-order valence-corrected chi connectivity index (χ1v) is 10.9. The number of imidazole rings is 1. The number of carbonyl (C=O) groups excluding carboxylic acids is 1. The van der Waals surface area contributed by atoms with Crippen molar-refractivity contribution in [1.29, 1.82) is 0 Å². The van der Waals surface area contributed by atoms with Crippen LogP contribution in [0.1, 0.15) is 85.8 Å². The summed E-state index contributed by atoms with van der Waals surface area (Å²) in [6.07, 6.45) is 4.27. The monoisotopic (exact) mass is 433 g/mol. The van der Waals surface area contributed by atoms with Crippen molar-refractivity contribution in [2.45, 2.75) is 58.4 Å². The summed E-state index contributed by atoms with van der Waals surface area (Å²) in [4.78, 5) is 23.0. The lowest BCUT2D eigenvalue weighted by atomic mass is 9.97. The molecule has 0 radical (unpaired) electrons. The van der Waals surface area contributed by atoms with Crippen molar-refractivity contribution in [2.75, 3.05) is 6.54 Å². The molecule has 1 amide bonds. The largest absolute Gasteiger partial charge is 0.416 e. The first-order valence-electron chi connectivity index (χ1n) is 10.9. The van der Waals surface area contributed by atoms with Gasteiger partial charge in [0.05, 0.1) is 23.2 Å². The summed E-state index contributed by atoms with van der Waals surface area (Å²) in [5.74, 6) is 0.463. The molecule has 5 rings (SSSR count). The molecule has 0 bridgehead atoms. The number of aromatic nitrogens is 6. The van der Waals surface area contributed by atoms with Gasteiger partial charge >= 0.3 is 11.8 Å². The summed E-state index contributed by atoms with van der Waals surface area (Å²) in [5, 5.41) is 13.0. The molecule has 0 aliphatic carbocycles. The van der Waals surface area contributed by atoms with E-state index in [1.165, 1.54) is 5.56 Å². The van der Waals surface area contributed by atoms with Crippen LogP contribution >= 0.6 is 0 Å². The van der Waals surface area contributed by atoms with Crippen LogP contribution in [-0.4, -0.2) is 47.1 Å². The minimum absolute atomic E-state index is 0.00876. The molecule has 5 heterocycles. The molecule has 0 spiro atoms. The molecule has 0 saturated heterocycles. The smallest absolute Gasteiger partial charge is 0.312 e. The van der Waals surface area contributed by atoms with E-state index in [9.17, 15) is 4.79 Å². The van der Waals surface area contributed by atoms with Crippen LogP contribution in [0.25, 0.3) is 5.52 Å². The third kappa shape index (κ3) is 3.28. The molecule has 0 saturated carbocycles. The molecular formula is C23H27N7O2. The van der Waals surface area contributed by atoms with Gasteiger partial charge in [0.2, 0.25) is 5.89 Å². The Morgan fingerprint density at radius 3 is 2.81 bits per heavy atom. The van der Waals surface area contributed by atoms with E-state index >= 15 is 0 Å². The summed E-state index contributed by atoms with van der Waals surface area (Å²) < 4.78 is 7.63. The third-order valence-electron chi connectivity index (χ3n) is 5.89. The number of aromatic amines is 1. The molecule has 1 aliphatic heterocycles. The fourth-order valence-electron chi connectivity index (χ4n) is 4.21. The summed E-state index contributed by atoms with van der Waals surface area (Å²) in [7, 11) is 0. The van der Waals surface area contributed by atoms with Gasteiger partial charge in [-0.3, -0.25) is 4.79 Å². The van der Waals surface area contributed by atoms with Crippen molar-refractivity contribution >= 4 is 11.4 Å². The van der Waals surface area contributed by atoms with Crippen LogP contribution in [0, 0.1) is 0 Å². The van der Waals surface area contributed by atoms with Crippen LogP contribution in [0.15, 0.2) is 35.1 Å². The molecule has 0 aromatic carbocycles. The first-order chi connectivity index (χ1) is 15.2. The molecule has 4 aromatic rings. The van der Waals surface area contributed by atoms with E-state index in [0.717, 1.165) is 22.6 Å². The topological polar surface area (TPSA) is 105 Å². The molecule has 4 aromatic heterocycles. The Bertz CT molecular complexity index is 1290. The Balaban J connectivity index is 1.60. The molecule has 0 fully saturated rings. The van der Waals surface area contributed by atoms with Crippen molar-refractivity contribution in [3.8, 4) is 0 Å². The molecule has 1 N–H and O–H groups in total. The Labute approximate surface area is 185 Å². The predicted octanol–water partition coefficient (Wildman–Crippen LogP) is 3.65. The summed E-state index contributed by atoms with van der Waals surface area (Å²) in [5.41, 5.74) is 4.47. The van der Waals surface area contributed by atoms with Gasteiger partial charge in [0.25, 0.3) is 0 Å². The summed E-state index contributed by atoms with van der Waals surface area (Å²) in [6.45, 7) is 10.7. The number of H-pyrrole nitrogens is 1. The van der Waals surface area contributed by atoms with Gasteiger partial charge in [-0.2, -0.15) is 5.10 Å². The number of rotatable bonds is 3. The Hall–Kier alpha value is -3.49. The van der Waals surface area contributed by atoms with E-state index in [1.807, 2.05) is 37.5 Å². The minimum atomic E-state index is -0.442. The number of hydrogen-bond acceptors (Lipinski definition) is 6. The molecule has 1 atom stereocenters. The molecule has 9 heteroatoms. The van der Waals surface area contributed by atoms with Crippen LogP contribution in [0.3, 0.4) is 0 Å². The van der Waals surface area contributed by atoms with Crippen LogP contribution in [0.2, 0.25) is 0 Å². The fourth-order valence-corrected chi connectivity index (χ4v) is 4.21. The van der Waals surface area contributed by atoms with Crippen LogP contribution < -0.4 is 0 Å². The highest BCUT2D eigenvalue weighted by atomic mass is 16.4. The lowest BCUT2D eigenvalue weighted by Gasteiger charge is -2.32. The highest BCUT2D eigenvalue weighted by molar-refractivity contribution is 5.90. The normalized spacial score (nSPS) is 16.7. The number of pyridine rings is 1. The standard InChI is InChI=1S/C23H27N7O2/c1-13(2)14-7-6-9-30-17(14)11-16(28-30)19-18-15(24-12-25-18)8-10-29(19)21(31)20-26-27-22(32-20)23(3,4)5/h6-7,9,11-13,19H,8,10H2,1-5H3,(H,24,25)/t19-/m1/s1. The van der Waals surface area contributed by atoms with E-state index in [0.29, 0.717) is 24.8 Å². The predicted molar refractivity (Wildman–Crippen MR) is 117 cm³/mol.